The van der Waals surface area contributed by atoms with Crippen LogP contribution in [-0.4, -0.2) is 31.4 Å². The highest BCUT2D eigenvalue weighted by Crippen LogP contribution is 2.37. The molecule has 6 heteroatoms. The van der Waals surface area contributed by atoms with E-state index in [1.807, 2.05) is 36.4 Å². The van der Waals surface area contributed by atoms with E-state index in [1.54, 1.807) is 0 Å². The molecule has 0 saturated carbocycles. The van der Waals surface area contributed by atoms with Crippen molar-refractivity contribution >= 4 is 24.7 Å². The van der Waals surface area contributed by atoms with Crippen LogP contribution in [0, 0.1) is 0 Å². The Labute approximate surface area is 166 Å². The Morgan fingerprint density at radius 3 is 2.00 bits per heavy atom. The molecule has 0 aliphatic rings. The van der Waals surface area contributed by atoms with Crippen LogP contribution in [0.2, 0.25) is 5.04 Å². The topological polar surface area (TPSA) is 64.2 Å². The molecule has 0 unspecified atom stereocenters. The van der Waals surface area contributed by atoms with Gasteiger partial charge in [-0.15, -0.1) is 0 Å². The minimum absolute atomic E-state index is 0.141. The maximum atomic E-state index is 12.0. The van der Waals surface area contributed by atoms with Gasteiger partial charge < -0.3 is 14.1 Å². The van der Waals surface area contributed by atoms with Gasteiger partial charge in [0.15, 0.2) is 0 Å². The molecule has 3 aromatic rings. The summed E-state index contributed by atoms with van der Waals surface area (Å²) in [6.07, 6.45) is 1.50. The van der Waals surface area contributed by atoms with Crippen molar-refractivity contribution in [3.05, 3.63) is 78.4 Å². The summed E-state index contributed by atoms with van der Waals surface area (Å²) in [5, 5.41) is 2.23. The number of aromatic nitrogens is 2. The van der Waals surface area contributed by atoms with Gasteiger partial charge in [-0.05, 0) is 15.4 Å². The fraction of sp³-hybridized carbons (Fsp3) is 0.273. The Morgan fingerprint density at radius 1 is 1.00 bits per heavy atom. The van der Waals surface area contributed by atoms with E-state index in [0.29, 0.717) is 11.4 Å². The minimum Gasteiger partial charge on any atom is -0.464 e. The van der Waals surface area contributed by atoms with Gasteiger partial charge in [0, 0.05) is 0 Å². The lowest BCUT2D eigenvalue weighted by Crippen LogP contribution is -2.66. The monoisotopic (exact) mass is 394 g/mol. The third-order valence-electron chi connectivity index (χ3n) is 4.95. The lowest BCUT2D eigenvalue weighted by molar-refractivity contribution is 0.0591. The van der Waals surface area contributed by atoms with Crippen molar-refractivity contribution < 1.29 is 14.0 Å². The van der Waals surface area contributed by atoms with Crippen molar-refractivity contribution in [2.45, 2.75) is 32.4 Å². The van der Waals surface area contributed by atoms with Crippen molar-refractivity contribution in [1.82, 2.24) is 9.97 Å². The highest BCUT2D eigenvalue weighted by atomic mass is 28.4. The molecule has 1 N–H and O–H groups in total. The molecule has 0 fully saturated rings. The van der Waals surface area contributed by atoms with Crippen LogP contribution in [-0.2, 0) is 15.8 Å². The van der Waals surface area contributed by atoms with Gasteiger partial charge in [-0.2, -0.15) is 0 Å². The number of aromatic amines is 1. The van der Waals surface area contributed by atoms with E-state index in [-0.39, 0.29) is 11.6 Å². The molecule has 2 aromatic carbocycles. The van der Waals surface area contributed by atoms with Crippen LogP contribution in [0.5, 0.6) is 0 Å². The lowest BCUT2D eigenvalue weighted by atomic mass is 10.2. The van der Waals surface area contributed by atoms with E-state index in [9.17, 15) is 4.79 Å². The molecule has 0 amide bonds. The largest absolute Gasteiger partial charge is 0.464 e. The van der Waals surface area contributed by atoms with Crippen molar-refractivity contribution in [2.24, 2.45) is 0 Å². The van der Waals surface area contributed by atoms with Gasteiger partial charge in [0.1, 0.15) is 5.69 Å². The molecule has 0 radical (unpaired) electrons. The summed E-state index contributed by atoms with van der Waals surface area (Å²) in [5.41, 5.74) is 0.889. The quantitative estimate of drug-likeness (QED) is 0.515. The summed E-state index contributed by atoms with van der Waals surface area (Å²) in [7, 11) is -1.32. The number of nitrogens with zero attached hydrogens (tertiary/aromatic N) is 1. The molecule has 0 saturated heterocycles. The molecule has 0 aliphatic heterocycles. The number of hydrogen-bond donors (Lipinski definition) is 1. The Morgan fingerprint density at radius 2 is 1.54 bits per heavy atom. The second-order valence-corrected chi connectivity index (χ2v) is 12.0. The molecule has 1 heterocycles. The zero-order valence-electron chi connectivity index (χ0n) is 16.7. The molecule has 28 heavy (non-hydrogen) atoms. The standard InChI is InChI=1S/C22H26N2O3Si/c1-22(2,3)28(17-11-7-5-8-12-17,18-13-9-6-10-14-18)27-15-19-20(21(25)26-4)24-16-23-19/h5-14,16H,15H2,1-4H3,(H,23,24). The van der Waals surface area contributed by atoms with Gasteiger partial charge in [-0.1, -0.05) is 81.4 Å². The van der Waals surface area contributed by atoms with E-state index in [2.05, 4.69) is 55.0 Å². The average molecular weight is 395 g/mol. The molecule has 5 nitrogen and oxygen atoms in total. The summed E-state index contributed by atoms with van der Waals surface area (Å²) in [6.45, 7) is 6.86. The van der Waals surface area contributed by atoms with Crippen molar-refractivity contribution in [2.75, 3.05) is 7.11 Å². The maximum Gasteiger partial charge on any atom is 0.356 e. The Balaban J connectivity index is 2.10. The summed E-state index contributed by atoms with van der Waals surface area (Å²) in [5.74, 6) is -0.446. The van der Waals surface area contributed by atoms with Crippen LogP contribution in [0.25, 0.3) is 0 Å². The van der Waals surface area contributed by atoms with Gasteiger partial charge in [-0.25, -0.2) is 9.78 Å². The van der Waals surface area contributed by atoms with E-state index in [1.165, 1.54) is 23.8 Å². The number of esters is 1. The summed E-state index contributed by atoms with van der Waals surface area (Å²) in [4.78, 5) is 19.2. The normalized spacial score (nSPS) is 12.0. The number of benzene rings is 2. The Hall–Kier alpha value is -2.70. The Bertz CT molecular complexity index is 878. The summed E-state index contributed by atoms with van der Waals surface area (Å²) >= 11 is 0. The second-order valence-electron chi connectivity index (χ2n) is 7.67. The van der Waals surface area contributed by atoms with Gasteiger partial charge in [0.05, 0.1) is 25.7 Å². The van der Waals surface area contributed by atoms with Crippen LogP contribution in [0.4, 0.5) is 0 Å². The number of imidazole rings is 1. The van der Waals surface area contributed by atoms with Crippen LogP contribution >= 0.6 is 0 Å². The molecule has 146 valence electrons. The second kappa shape index (κ2) is 8.12. The average Bonchev–Trinajstić information content (AvgIpc) is 3.17. The molecule has 0 atom stereocenters. The zero-order valence-corrected chi connectivity index (χ0v) is 17.7. The summed E-state index contributed by atoms with van der Waals surface area (Å²) in [6, 6.07) is 20.7. The number of hydrogen-bond acceptors (Lipinski definition) is 4. The van der Waals surface area contributed by atoms with Crippen molar-refractivity contribution in [1.29, 1.82) is 0 Å². The predicted octanol–water partition coefficient (Wildman–Crippen LogP) is 3.27. The molecule has 1 aromatic heterocycles. The number of carbonyl (C=O) groups excluding carboxylic acids is 1. The van der Waals surface area contributed by atoms with Crippen LogP contribution in [0.1, 0.15) is 37.0 Å². The SMILES string of the molecule is COC(=O)c1[nH]cnc1CO[Si](c1ccccc1)(c1ccccc1)C(C)(C)C. The number of H-pyrrole nitrogens is 1. The summed E-state index contributed by atoms with van der Waals surface area (Å²) < 4.78 is 11.6. The first-order valence-corrected chi connectivity index (χ1v) is 11.2. The highest BCUT2D eigenvalue weighted by Gasteiger charge is 2.50. The van der Waals surface area contributed by atoms with Gasteiger partial charge in [-0.3, -0.25) is 0 Å². The third-order valence-corrected chi connectivity index (χ3v) is 9.93. The van der Waals surface area contributed by atoms with Gasteiger partial charge in [0.25, 0.3) is 8.32 Å². The number of ether oxygens (including phenoxy) is 1. The van der Waals surface area contributed by atoms with Crippen LogP contribution < -0.4 is 10.4 Å². The first-order valence-electron chi connectivity index (χ1n) is 9.25. The van der Waals surface area contributed by atoms with E-state index in [0.717, 1.165) is 0 Å². The molecular formula is C22H26N2O3Si. The van der Waals surface area contributed by atoms with Crippen LogP contribution in [0.15, 0.2) is 67.0 Å². The third kappa shape index (κ3) is 3.65. The first-order chi connectivity index (χ1) is 13.4. The Kier molecular flexibility index (Phi) is 5.81. The highest BCUT2D eigenvalue weighted by molar-refractivity contribution is 6.99. The number of rotatable bonds is 6. The van der Waals surface area contributed by atoms with Gasteiger partial charge >= 0.3 is 5.97 Å². The van der Waals surface area contributed by atoms with Crippen molar-refractivity contribution in [3.8, 4) is 0 Å². The molecule has 0 aliphatic carbocycles. The number of carbonyl (C=O) groups is 1. The zero-order chi connectivity index (χ0) is 20.2. The molecule has 0 spiro atoms. The van der Waals surface area contributed by atoms with E-state index >= 15 is 0 Å². The smallest absolute Gasteiger partial charge is 0.356 e. The predicted molar refractivity (Wildman–Crippen MR) is 112 cm³/mol. The van der Waals surface area contributed by atoms with E-state index in [4.69, 9.17) is 9.16 Å². The fourth-order valence-corrected chi connectivity index (χ4v) is 8.16. The van der Waals surface area contributed by atoms with Gasteiger partial charge in [0.2, 0.25) is 0 Å². The minimum atomic E-state index is -2.68. The number of methoxy groups -OCH3 is 1. The van der Waals surface area contributed by atoms with E-state index < -0.39 is 14.3 Å². The van der Waals surface area contributed by atoms with Crippen molar-refractivity contribution in [3.63, 3.8) is 0 Å². The molecule has 3 rings (SSSR count). The lowest BCUT2D eigenvalue weighted by Gasteiger charge is -2.42. The first kappa shape index (κ1) is 20.0. The fourth-order valence-electron chi connectivity index (χ4n) is 3.65. The number of nitrogens with one attached hydrogen (secondary N) is 1. The molecular weight excluding hydrogens is 368 g/mol. The van der Waals surface area contributed by atoms with Crippen LogP contribution in [0.3, 0.4) is 0 Å². The maximum absolute atomic E-state index is 12.0. The molecule has 0 bridgehead atoms.